The Balaban J connectivity index is 2.41. The minimum atomic E-state index is -0.465. The van der Waals surface area contributed by atoms with Gasteiger partial charge in [0.05, 0.1) is 6.54 Å². The summed E-state index contributed by atoms with van der Waals surface area (Å²) in [5.74, 6) is -0.259. The van der Waals surface area contributed by atoms with E-state index < -0.39 is 6.03 Å². The average molecular weight is 282 g/mol. The first-order valence-electron chi connectivity index (χ1n) is 7.30. The Morgan fingerprint density at radius 2 is 2.30 bits per heavy atom. The van der Waals surface area contributed by atoms with Gasteiger partial charge in [-0.15, -0.1) is 6.58 Å². The fraction of sp³-hybridized carbons (Fsp3) is 0.714. The molecule has 1 unspecified atom stereocenters. The van der Waals surface area contributed by atoms with Crippen molar-refractivity contribution in [1.29, 1.82) is 0 Å². The van der Waals surface area contributed by atoms with Gasteiger partial charge in [-0.05, 0) is 32.4 Å². The number of rotatable bonds is 7. The fourth-order valence-electron chi connectivity index (χ4n) is 2.38. The van der Waals surface area contributed by atoms with Crippen LogP contribution in [0.3, 0.4) is 0 Å². The van der Waals surface area contributed by atoms with Gasteiger partial charge < -0.3 is 10.6 Å². The smallest absolute Gasteiger partial charge is 0.321 e. The largest absolute Gasteiger partial charge is 0.334 e. The predicted octanol–water partition coefficient (Wildman–Crippen LogP) is 0.462. The molecule has 1 heterocycles. The SMILES string of the molecule is C=CCNC(=O)NC(=O)CN(CCC)C1CCCNC1. The summed E-state index contributed by atoms with van der Waals surface area (Å²) in [5, 5.41) is 8.22. The Morgan fingerprint density at radius 1 is 1.50 bits per heavy atom. The first kappa shape index (κ1) is 16.7. The molecule has 114 valence electrons. The standard InChI is InChI=1S/C14H26N4O2/c1-3-7-16-14(20)17-13(19)11-18(9-4-2)12-6-5-8-15-10-12/h3,12,15H,1,4-11H2,2H3,(H2,16,17,19,20). The van der Waals surface area contributed by atoms with E-state index in [1.54, 1.807) is 6.08 Å². The summed E-state index contributed by atoms with van der Waals surface area (Å²) < 4.78 is 0. The van der Waals surface area contributed by atoms with E-state index >= 15 is 0 Å². The average Bonchev–Trinajstić information content (AvgIpc) is 2.45. The Bertz CT molecular complexity index is 327. The van der Waals surface area contributed by atoms with Crippen LogP contribution >= 0.6 is 0 Å². The highest BCUT2D eigenvalue weighted by Crippen LogP contribution is 2.10. The maximum atomic E-state index is 11.9. The van der Waals surface area contributed by atoms with Gasteiger partial charge in [-0.1, -0.05) is 13.0 Å². The van der Waals surface area contributed by atoms with Crippen molar-refractivity contribution in [1.82, 2.24) is 20.9 Å². The number of carbonyl (C=O) groups excluding carboxylic acids is 2. The predicted molar refractivity (Wildman–Crippen MR) is 79.5 cm³/mol. The van der Waals surface area contributed by atoms with Gasteiger partial charge >= 0.3 is 6.03 Å². The minimum absolute atomic E-state index is 0.259. The van der Waals surface area contributed by atoms with E-state index in [0.717, 1.165) is 38.9 Å². The van der Waals surface area contributed by atoms with Crippen LogP contribution in [0.15, 0.2) is 12.7 Å². The van der Waals surface area contributed by atoms with E-state index in [1.807, 2.05) is 0 Å². The highest BCUT2D eigenvalue weighted by atomic mass is 16.2. The van der Waals surface area contributed by atoms with Gasteiger partial charge in [0.2, 0.25) is 5.91 Å². The van der Waals surface area contributed by atoms with Crippen molar-refractivity contribution in [3.05, 3.63) is 12.7 Å². The maximum absolute atomic E-state index is 11.9. The molecule has 0 radical (unpaired) electrons. The third kappa shape index (κ3) is 6.16. The van der Waals surface area contributed by atoms with Crippen molar-refractivity contribution in [3.63, 3.8) is 0 Å². The van der Waals surface area contributed by atoms with Gasteiger partial charge in [0.25, 0.3) is 0 Å². The third-order valence-electron chi connectivity index (χ3n) is 3.30. The van der Waals surface area contributed by atoms with Gasteiger partial charge in [-0.25, -0.2) is 4.79 Å². The maximum Gasteiger partial charge on any atom is 0.321 e. The molecule has 0 aliphatic carbocycles. The molecule has 1 aliphatic heterocycles. The molecule has 6 heteroatoms. The summed E-state index contributed by atoms with van der Waals surface area (Å²) >= 11 is 0. The van der Waals surface area contributed by atoms with E-state index in [0.29, 0.717) is 12.6 Å². The molecular formula is C14H26N4O2. The zero-order valence-electron chi connectivity index (χ0n) is 12.3. The zero-order chi connectivity index (χ0) is 14.8. The Morgan fingerprint density at radius 3 is 2.90 bits per heavy atom. The summed E-state index contributed by atoms with van der Waals surface area (Å²) in [6.45, 7) is 9.05. The van der Waals surface area contributed by atoms with Crippen LogP contribution in [0.2, 0.25) is 0 Å². The third-order valence-corrected chi connectivity index (χ3v) is 3.30. The van der Waals surface area contributed by atoms with Crippen LogP contribution in [0.25, 0.3) is 0 Å². The lowest BCUT2D eigenvalue weighted by molar-refractivity contribution is -0.121. The topological polar surface area (TPSA) is 73.5 Å². The summed E-state index contributed by atoms with van der Waals surface area (Å²) in [7, 11) is 0. The molecule has 1 saturated heterocycles. The van der Waals surface area contributed by atoms with E-state index in [9.17, 15) is 9.59 Å². The van der Waals surface area contributed by atoms with Gasteiger partial charge in [0, 0.05) is 19.1 Å². The number of carbonyl (C=O) groups is 2. The van der Waals surface area contributed by atoms with Crippen LogP contribution in [0.5, 0.6) is 0 Å². The zero-order valence-corrected chi connectivity index (χ0v) is 12.3. The van der Waals surface area contributed by atoms with Gasteiger partial charge in [0.1, 0.15) is 0 Å². The van der Waals surface area contributed by atoms with Crippen molar-refractivity contribution < 1.29 is 9.59 Å². The molecule has 0 bridgehead atoms. The second kappa shape index (κ2) is 9.50. The Kier molecular flexibility index (Phi) is 7.91. The van der Waals surface area contributed by atoms with Crippen LogP contribution in [0.1, 0.15) is 26.2 Å². The molecule has 3 N–H and O–H groups in total. The van der Waals surface area contributed by atoms with Crippen molar-refractivity contribution in [2.45, 2.75) is 32.2 Å². The molecular weight excluding hydrogens is 256 g/mol. The lowest BCUT2D eigenvalue weighted by Crippen LogP contribution is -2.51. The van der Waals surface area contributed by atoms with Crippen LogP contribution in [0, 0.1) is 0 Å². The number of imide groups is 1. The first-order valence-corrected chi connectivity index (χ1v) is 7.30. The van der Waals surface area contributed by atoms with Gasteiger partial charge in [-0.2, -0.15) is 0 Å². The summed E-state index contributed by atoms with van der Waals surface area (Å²) in [4.78, 5) is 25.4. The second-order valence-electron chi connectivity index (χ2n) is 5.02. The van der Waals surface area contributed by atoms with E-state index in [4.69, 9.17) is 0 Å². The molecule has 0 aromatic carbocycles. The lowest BCUT2D eigenvalue weighted by atomic mass is 10.1. The lowest BCUT2D eigenvalue weighted by Gasteiger charge is -2.33. The molecule has 1 atom stereocenters. The Hall–Kier alpha value is -1.40. The van der Waals surface area contributed by atoms with Crippen LogP contribution in [-0.2, 0) is 4.79 Å². The molecule has 0 aromatic rings. The monoisotopic (exact) mass is 282 g/mol. The number of hydrogen-bond donors (Lipinski definition) is 3. The molecule has 3 amide bonds. The number of piperidine rings is 1. The number of hydrogen-bond acceptors (Lipinski definition) is 4. The summed E-state index contributed by atoms with van der Waals surface area (Å²) in [5.41, 5.74) is 0. The normalized spacial score (nSPS) is 18.6. The van der Waals surface area contributed by atoms with Crippen molar-refractivity contribution in [2.75, 3.05) is 32.7 Å². The minimum Gasteiger partial charge on any atom is -0.334 e. The number of urea groups is 1. The molecule has 1 rings (SSSR count). The number of nitrogens with one attached hydrogen (secondary N) is 3. The van der Waals surface area contributed by atoms with Crippen LogP contribution in [0.4, 0.5) is 4.79 Å². The second-order valence-corrected chi connectivity index (χ2v) is 5.02. The number of nitrogens with zero attached hydrogens (tertiary/aromatic N) is 1. The molecule has 0 saturated carbocycles. The highest BCUT2D eigenvalue weighted by molar-refractivity contribution is 5.95. The molecule has 6 nitrogen and oxygen atoms in total. The van der Waals surface area contributed by atoms with Gasteiger partial charge in [-0.3, -0.25) is 15.0 Å². The van der Waals surface area contributed by atoms with Crippen LogP contribution in [-0.4, -0.2) is 55.6 Å². The molecule has 0 spiro atoms. The molecule has 1 aliphatic rings. The molecule has 1 fully saturated rings. The van der Waals surface area contributed by atoms with E-state index in [-0.39, 0.29) is 12.5 Å². The van der Waals surface area contributed by atoms with Crippen molar-refractivity contribution in [2.24, 2.45) is 0 Å². The highest BCUT2D eigenvalue weighted by Gasteiger charge is 2.22. The van der Waals surface area contributed by atoms with Crippen molar-refractivity contribution >= 4 is 11.9 Å². The fourth-order valence-corrected chi connectivity index (χ4v) is 2.38. The summed E-state index contributed by atoms with van der Waals surface area (Å²) in [6.07, 6.45) is 4.79. The Labute approximate surface area is 121 Å². The quantitative estimate of drug-likeness (QED) is 0.593. The summed E-state index contributed by atoms with van der Waals surface area (Å²) in [6, 6.07) is -0.0844. The van der Waals surface area contributed by atoms with Crippen molar-refractivity contribution in [3.8, 4) is 0 Å². The van der Waals surface area contributed by atoms with Crippen LogP contribution < -0.4 is 16.0 Å². The molecule has 20 heavy (non-hydrogen) atoms. The van der Waals surface area contributed by atoms with E-state index in [1.165, 1.54) is 0 Å². The first-order chi connectivity index (χ1) is 9.67. The molecule has 0 aromatic heterocycles. The van der Waals surface area contributed by atoms with E-state index in [2.05, 4.69) is 34.4 Å². The van der Waals surface area contributed by atoms with Gasteiger partial charge in [0.15, 0.2) is 0 Å². The number of amides is 3.